The van der Waals surface area contributed by atoms with Crippen LogP contribution in [-0.4, -0.2) is 0 Å². The molecule has 0 spiro atoms. The molecule has 3 aromatic rings. The Morgan fingerprint density at radius 2 is 1.34 bits per heavy atom. The molecule has 0 aliphatic carbocycles. The summed E-state index contributed by atoms with van der Waals surface area (Å²) in [6, 6.07) is 20.4. The summed E-state index contributed by atoms with van der Waals surface area (Å²) in [5, 5.41) is 8.83. The van der Waals surface area contributed by atoms with Crippen LogP contribution in [0, 0.1) is 17.1 Å². The van der Waals surface area contributed by atoms with Gasteiger partial charge >= 0.3 is 0 Å². The number of unbranched alkanes of at least 4 members (excludes halogenated alkanes) is 1. The van der Waals surface area contributed by atoms with E-state index < -0.39 is 17.5 Å². The third kappa shape index (κ3) is 4.75. The van der Waals surface area contributed by atoms with Crippen LogP contribution in [0.5, 0.6) is 0 Å². The van der Waals surface area contributed by atoms with Crippen molar-refractivity contribution < 1.29 is 13.2 Å². The van der Waals surface area contributed by atoms with Crippen LogP contribution < -0.4 is 0 Å². The Balaban J connectivity index is 1.80. The topological polar surface area (TPSA) is 23.8 Å². The summed E-state index contributed by atoms with van der Waals surface area (Å²) in [5.74, 6) is -2.06. The molecular formula is C25H20F3N. The maximum absolute atomic E-state index is 14.2. The molecular weight excluding hydrogens is 371 g/mol. The normalized spacial score (nSPS) is 11.7. The van der Waals surface area contributed by atoms with E-state index >= 15 is 0 Å². The highest BCUT2D eigenvalue weighted by Crippen LogP contribution is 2.29. The Labute approximate surface area is 168 Å². The molecule has 3 rings (SSSR count). The molecule has 0 N–H and O–H groups in total. The Morgan fingerprint density at radius 1 is 0.828 bits per heavy atom. The van der Waals surface area contributed by atoms with Gasteiger partial charge in [0.15, 0.2) is 5.83 Å². The third-order valence-electron chi connectivity index (χ3n) is 4.77. The maximum Gasteiger partial charge on any atom is 0.161 e. The Bertz CT molecular complexity index is 1060. The van der Waals surface area contributed by atoms with E-state index in [0.29, 0.717) is 12.0 Å². The number of halogens is 3. The van der Waals surface area contributed by atoms with Crippen LogP contribution in [0.25, 0.3) is 28.1 Å². The molecule has 0 amide bonds. The van der Waals surface area contributed by atoms with Gasteiger partial charge in [-0.05, 0) is 40.8 Å². The predicted molar refractivity (Wildman–Crippen MR) is 111 cm³/mol. The zero-order chi connectivity index (χ0) is 20.8. The third-order valence-corrected chi connectivity index (χ3v) is 4.77. The highest BCUT2D eigenvalue weighted by molar-refractivity contribution is 5.72. The highest BCUT2D eigenvalue weighted by atomic mass is 19.2. The lowest BCUT2D eigenvalue weighted by molar-refractivity contribution is 0.548. The van der Waals surface area contributed by atoms with Crippen molar-refractivity contribution in [3.05, 3.63) is 89.5 Å². The average molecular weight is 391 g/mol. The van der Waals surface area contributed by atoms with E-state index in [2.05, 4.69) is 0 Å². The van der Waals surface area contributed by atoms with Crippen molar-refractivity contribution in [2.75, 3.05) is 0 Å². The lowest BCUT2D eigenvalue weighted by Gasteiger charge is -2.07. The minimum Gasteiger partial charge on any atom is -0.209 e. The molecule has 0 unspecified atom stereocenters. The van der Waals surface area contributed by atoms with Crippen molar-refractivity contribution in [3.63, 3.8) is 0 Å². The summed E-state index contributed by atoms with van der Waals surface area (Å²) in [7, 11) is 0. The molecule has 0 aliphatic rings. The zero-order valence-electron chi connectivity index (χ0n) is 16.1. The summed E-state index contributed by atoms with van der Waals surface area (Å²) >= 11 is 0. The van der Waals surface area contributed by atoms with Gasteiger partial charge in [0.05, 0.1) is 5.56 Å². The zero-order valence-corrected chi connectivity index (χ0v) is 16.1. The van der Waals surface area contributed by atoms with Crippen LogP contribution in [0.3, 0.4) is 0 Å². The summed E-state index contributed by atoms with van der Waals surface area (Å²) in [5.41, 5.74) is 3.52. The highest BCUT2D eigenvalue weighted by Gasteiger charge is 2.09. The molecule has 0 saturated carbocycles. The van der Waals surface area contributed by atoms with Gasteiger partial charge < -0.3 is 0 Å². The van der Waals surface area contributed by atoms with Crippen LogP contribution >= 0.6 is 0 Å². The van der Waals surface area contributed by atoms with Crippen molar-refractivity contribution in [2.45, 2.75) is 26.2 Å². The van der Waals surface area contributed by atoms with Gasteiger partial charge in [-0.2, -0.15) is 5.26 Å². The first-order valence-corrected chi connectivity index (χ1v) is 9.48. The van der Waals surface area contributed by atoms with Crippen LogP contribution in [-0.2, 0) is 0 Å². The van der Waals surface area contributed by atoms with Crippen LogP contribution in [0.1, 0.15) is 37.3 Å². The second kappa shape index (κ2) is 9.25. The maximum atomic E-state index is 14.2. The molecule has 0 radical (unpaired) electrons. The van der Waals surface area contributed by atoms with Crippen molar-refractivity contribution in [3.8, 4) is 28.3 Å². The van der Waals surface area contributed by atoms with Crippen molar-refractivity contribution in [1.82, 2.24) is 0 Å². The SMILES string of the molecule is CCCCC(F)=C(F)c1ccc(-c2ccc(-c3ccc(C#N)c(F)c3)cc2)cc1. The van der Waals surface area contributed by atoms with Gasteiger partial charge in [-0.15, -0.1) is 0 Å². The van der Waals surface area contributed by atoms with E-state index in [1.807, 2.05) is 31.2 Å². The summed E-state index contributed by atoms with van der Waals surface area (Å²) in [6.45, 7) is 1.93. The molecule has 1 nitrogen and oxygen atoms in total. The first kappa shape index (κ1) is 20.4. The van der Waals surface area contributed by atoms with Crippen LogP contribution in [0.2, 0.25) is 0 Å². The number of nitriles is 1. The first-order valence-electron chi connectivity index (χ1n) is 9.48. The summed E-state index contributed by atoms with van der Waals surface area (Å²) in [6.07, 6.45) is 1.54. The van der Waals surface area contributed by atoms with E-state index in [0.717, 1.165) is 23.1 Å². The number of hydrogen-bond acceptors (Lipinski definition) is 1. The standard InChI is InChI=1S/C25H20F3N/c1-2-3-4-23(26)25(28)20-11-9-18(10-12-20)17-5-7-19(8-6-17)21-13-14-22(16-29)24(27)15-21/h5-15H,2-4H2,1H3. The molecule has 0 fully saturated rings. The van der Waals surface area contributed by atoms with Gasteiger partial charge in [-0.1, -0.05) is 67.9 Å². The Hall–Kier alpha value is -3.32. The van der Waals surface area contributed by atoms with E-state index in [1.165, 1.54) is 12.1 Å². The van der Waals surface area contributed by atoms with E-state index in [4.69, 9.17) is 5.26 Å². The quantitative estimate of drug-likeness (QED) is 0.420. The summed E-state index contributed by atoms with van der Waals surface area (Å²) < 4.78 is 41.8. The smallest absolute Gasteiger partial charge is 0.161 e. The minimum atomic E-state index is -0.803. The number of nitrogens with zero attached hydrogens (tertiary/aromatic N) is 1. The van der Waals surface area contributed by atoms with Crippen molar-refractivity contribution >= 4 is 5.83 Å². The van der Waals surface area contributed by atoms with Gasteiger partial charge in [-0.25, -0.2) is 13.2 Å². The number of hydrogen-bond donors (Lipinski definition) is 0. The van der Waals surface area contributed by atoms with E-state index in [9.17, 15) is 13.2 Å². The number of allylic oxidation sites excluding steroid dienone is 1. The predicted octanol–water partition coefficient (Wildman–Crippen LogP) is 7.83. The van der Waals surface area contributed by atoms with E-state index in [1.54, 1.807) is 36.4 Å². The fourth-order valence-electron chi connectivity index (χ4n) is 3.05. The Kier molecular flexibility index (Phi) is 6.51. The van der Waals surface area contributed by atoms with Crippen molar-refractivity contribution in [2.24, 2.45) is 0 Å². The average Bonchev–Trinajstić information content (AvgIpc) is 2.77. The fraction of sp³-hybridized carbons (Fsp3) is 0.160. The van der Waals surface area contributed by atoms with Gasteiger partial charge in [0, 0.05) is 12.0 Å². The molecule has 0 saturated heterocycles. The van der Waals surface area contributed by atoms with Gasteiger partial charge in [-0.3, -0.25) is 0 Å². The minimum absolute atomic E-state index is 0.0119. The molecule has 3 aromatic carbocycles. The largest absolute Gasteiger partial charge is 0.209 e. The molecule has 4 heteroatoms. The molecule has 146 valence electrons. The Morgan fingerprint density at radius 3 is 1.86 bits per heavy atom. The van der Waals surface area contributed by atoms with Gasteiger partial charge in [0.25, 0.3) is 0 Å². The first-order chi connectivity index (χ1) is 14.0. The monoisotopic (exact) mass is 391 g/mol. The molecule has 0 aliphatic heterocycles. The second-order valence-electron chi connectivity index (χ2n) is 6.78. The molecule has 0 bridgehead atoms. The second-order valence-corrected chi connectivity index (χ2v) is 6.78. The molecule has 0 aromatic heterocycles. The van der Waals surface area contributed by atoms with E-state index in [-0.39, 0.29) is 17.5 Å². The van der Waals surface area contributed by atoms with Crippen LogP contribution in [0.4, 0.5) is 13.2 Å². The van der Waals surface area contributed by atoms with Crippen molar-refractivity contribution in [1.29, 1.82) is 5.26 Å². The van der Waals surface area contributed by atoms with Crippen LogP contribution in [0.15, 0.2) is 72.6 Å². The lowest BCUT2D eigenvalue weighted by Crippen LogP contribution is -1.87. The number of rotatable bonds is 6. The summed E-state index contributed by atoms with van der Waals surface area (Å²) in [4.78, 5) is 0. The molecule has 29 heavy (non-hydrogen) atoms. The molecule has 0 atom stereocenters. The van der Waals surface area contributed by atoms with Gasteiger partial charge in [0.2, 0.25) is 0 Å². The lowest BCUT2D eigenvalue weighted by atomic mass is 9.98. The molecule has 0 heterocycles. The number of benzene rings is 3. The van der Waals surface area contributed by atoms with Gasteiger partial charge in [0.1, 0.15) is 17.7 Å². The fourth-order valence-corrected chi connectivity index (χ4v) is 3.05.